The number of carbonyl (C=O) groups is 1. The molecule has 0 amide bonds. The summed E-state index contributed by atoms with van der Waals surface area (Å²) in [5, 5.41) is 13.9. The number of halogens is 1. The van der Waals surface area contributed by atoms with Crippen LogP contribution in [0.15, 0.2) is 53.7 Å². The molecule has 2 aromatic rings. The van der Waals surface area contributed by atoms with E-state index >= 15 is 0 Å². The van der Waals surface area contributed by atoms with Crippen molar-refractivity contribution in [2.24, 2.45) is 0 Å². The number of hydrogen-bond donors (Lipinski definition) is 2. The molecule has 0 bridgehead atoms. The second kappa shape index (κ2) is 6.93. The number of pyridine rings is 1. The van der Waals surface area contributed by atoms with Crippen LogP contribution in [0, 0.1) is 0 Å². The molecule has 1 heterocycles. The van der Waals surface area contributed by atoms with Gasteiger partial charge in [-0.2, -0.15) is 0 Å². The molecule has 1 aromatic heterocycles. The van der Waals surface area contributed by atoms with Crippen LogP contribution in [0.3, 0.4) is 0 Å². The number of likely N-dealkylation sites (N-methyl/N-ethyl adjacent to an activating group) is 1. The molecule has 1 unspecified atom stereocenters. The van der Waals surface area contributed by atoms with Gasteiger partial charge in [0, 0.05) is 11.9 Å². The monoisotopic (exact) mass is 322 g/mol. The third kappa shape index (κ3) is 3.56. The Morgan fingerprint density at radius 2 is 2.05 bits per heavy atom. The lowest BCUT2D eigenvalue weighted by Gasteiger charge is -2.29. The highest BCUT2D eigenvalue weighted by Crippen LogP contribution is 2.29. The maximum absolute atomic E-state index is 11.8. The summed E-state index contributed by atoms with van der Waals surface area (Å²) in [6.45, 7) is 0. The quantitative estimate of drug-likeness (QED) is 0.800. The Hall–Kier alpha value is -1.56. The van der Waals surface area contributed by atoms with E-state index in [-0.39, 0.29) is 0 Å². The van der Waals surface area contributed by atoms with Gasteiger partial charge in [0.2, 0.25) is 0 Å². The van der Waals surface area contributed by atoms with Crippen LogP contribution in [0.4, 0.5) is 0 Å². The van der Waals surface area contributed by atoms with Crippen LogP contribution >= 0.6 is 23.4 Å². The summed E-state index contributed by atoms with van der Waals surface area (Å²) in [7, 11) is 1.65. The Bertz CT molecular complexity index is 607. The molecule has 2 rings (SSSR count). The topological polar surface area (TPSA) is 62.2 Å². The van der Waals surface area contributed by atoms with Crippen LogP contribution in [-0.4, -0.2) is 28.9 Å². The highest BCUT2D eigenvalue weighted by Gasteiger charge is 2.39. The van der Waals surface area contributed by atoms with Crippen molar-refractivity contribution in [1.82, 2.24) is 10.3 Å². The zero-order valence-corrected chi connectivity index (χ0v) is 13.0. The molecule has 0 aliphatic carbocycles. The third-order valence-electron chi connectivity index (χ3n) is 3.20. The van der Waals surface area contributed by atoms with Gasteiger partial charge in [-0.15, -0.1) is 11.8 Å². The lowest BCUT2D eigenvalue weighted by Crippen LogP contribution is -2.49. The summed E-state index contributed by atoms with van der Waals surface area (Å²) in [4.78, 5) is 16.0. The molecule has 0 aliphatic rings. The highest BCUT2D eigenvalue weighted by atomic mass is 35.5. The van der Waals surface area contributed by atoms with Gasteiger partial charge in [0.05, 0.1) is 10.0 Å². The van der Waals surface area contributed by atoms with E-state index in [0.29, 0.717) is 16.3 Å². The van der Waals surface area contributed by atoms with E-state index in [2.05, 4.69) is 10.3 Å². The first-order valence-electron chi connectivity index (χ1n) is 6.30. The van der Waals surface area contributed by atoms with Crippen LogP contribution < -0.4 is 5.32 Å². The molecule has 110 valence electrons. The number of benzene rings is 1. The Morgan fingerprint density at radius 3 is 2.57 bits per heavy atom. The van der Waals surface area contributed by atoms with E-state index in [0.717, 1.165) is 5.03 Å². The van der Waals surface area contributed by atoms with Crippen LogP contribution in [0.5, 0.6) is 0 Å². The first-order chi connectivity index (χ1) is 10.1. The summed E-state index contributed by atoms with van der Waals surface area (Å²) in [6, 6.07) is 12.6. The van der Waals surface area contributed by atoms with Crippen molar-refractivity contribution in [3.8, 4) is 0 Å². The van der Waals surface area contributed by atoms with E-state index in [9.17, 15) is 9.90 Å². The van der Waals surface area contributed by atoms with Crippen molar-refractivity contribution in [2.75, 3.05) is 12.8 Å². The molecular weight excluding hydrogens is 308 g/mol. The Labute approximate surface area is 132 Å². The molecule has 0 aliphatic heterocycles. The van der Waals surface area contributed by atoms with Crippen LogP contribution in [0.25, 0.3) is 0 Å². The second-order valence-corrected chi connectivity index (χ2v) is 5.86. The minimum Gasteiger partial charge on any atom is -0.480 e. The van der Waals surface area contributed by atoms with Gasteiger partial charge in [-0.1, -0.05) is 41.9 Å². The summed E-state index contributed by atoms with van der Waals surface area (Å²) in [5.74, 6) is -0.602. The zero-order valence-electron chi connectivity index (χ0n) is 11.4. The van der Waals surface area contributed by atoms with Gasteiger partial charge >= 0.3 is 5.97 Å². The number of nitrogens with one attached hydrogen (secondary N) is 1. The third-order valence-corrected chi connectivity index (χ3v) is 4.53. The molecule has 4 nitrogen and oxygen atoms in total. The number of aromatic nitrogens is 1. The SMILES string of the molecule is CNC(CSc1ccc(Cl)cn1)(C(=O)O)c1ccccc1. The van der Waals surface area contributed by atoms with Gasteiger partial charge < -0.3 is 10.4 Å². The maximum atomic E-state index is 11.8. The molecule has 0 spiro atoms. The highest BCUT2D eigenvalue weighted by molar-refractivity contribution is 7.99. The average Bonchev–Trinajstić information content (AvgIpc) is 2.51. The number of rotatable bonds is 6. The molecule has 1 atom stereocenters. The normalized spacial score (nSPS) is 13.6. The van der Waals surface area contributed by atoms with E-state index in [1.54, 1.807) is 37.5 Å². The van der Waals surface area contributed by atoms with Crippen molar-refractivity contribution in [3.63, 3.8) is 0 Å². The minimum absolute atomic E-state index is 0.317. The molecule has 0 fully saturated rings. The fraction of sp³-hybridized carbons (Fsp3) is 0.200. The van der Waals surface area contributed by atoms with Crippen molar-refractivity contribution >= 4 is 29.3 Å². The predicted molar refractivity (Wildman–Crippen MR) is 84.8 cm³/mol. The largest absolute Gasteiger partial charge is 0.480 e. The average molecular weight is 323 g/mol. The molecule has 0 saturated carbocycles. The fourth-order valence-corrected chi connectivity index (χ4v) is 3.15. The second-order valence-electron chi connectivity index (χ2n) is 4.43. The van der Waals surface area contributed by atoms with Crippen LogP contribution in [-0.2, 0) is 10.3 Å². The van der Waals surface area contributed by atoms with Gasteiger partial charge in [-0.25, -0.2) is 9.78 Å². The first-order valence-corrected chi connectivity index (χ1v) is 7.67. The van der Waals surface area contributed by atoms with Crippen molar-refractivity contribution < 1.29 is 9.90 Å². The molecule has 2 N–H and O–H groups in total. The Balaban J connectivity index is 2.25. The molecule has 6 heteroatoms. The van der Waals surface area contributed by atoms with E-state index < -0.39 is 11.5 Å². The minimum atomic E-state index is -1.16. The molecule has 21 heavy (non-hydrogen) atoms. The van der Waals surface area contributed by atoms with Crippen LogP contribution in [0.1, 0.15) is 5.56 Å². The van der Waals surface area contributed by atoms with Gasteiger partial charge in [-0.3, -0.25) is 0 Å². The number of hydrogen-bond acceptors (Lipinski definition) is 4. The number of carboxylic acids is 1. The standard InChI is InChI=1S/C15H15ClN2O2S/c1-17-15(14(19)20,11-5-3-2-4-6-11)10-21-13-8-7-12(16)9-18-13/h2-9,17H,10H2,1H3,(H,19,20). The molecule has 1 aromatic carbocycles. The molecular formula is C15H15ClN2O2S. The summed E-state index contributed by atoms with van der Waals surface area (Å²) in [6.07, 6.45) is 1.55. The smallest absolute Gasteiger partial charge is 0.329 e. The summed E-state index contributed by atoms with van der Waals surface area (Å²) < 4.78 is 0. The molecule has 0 saturated heterocycles. The fourth-order valence-electron chi connectivity index (χ4n) is 1.94. The first kappa shape index (κ1) is 15.8. The maximum Gasteiger partial charge on any atom is 0.329 e. The zero-order chi connectivity index (χ0) is 15.3. The number of nitrogens with zero attached hydrogens (tertiary/aromatic N) is 1. The summed E-state index contributed by atoms with van der Waals surface area (Å²) in [5.41, 5.74) is -0.450. The molecule has 0 radical (unpaired) electrons. The Kier molecular flexibility index (Phi) is 5.22. The lowest BCUT2D eigenvalue weighted by molar-refractivity contribution is -0.144. The number of carboxylic acid groups (broad SMARTS) is 1. The van der Waals surface area contributed by atoms with Crippen molar-refractivity contribution in [1.29, 1.82) is 0 Å². The van der Waals surface area contributed by atoms with Gasteiger partial charge in [0.25, 0.3) is 0 Å². The van der Waals surface area contributed by atoms with E-state index in [1.807, 2.05) is 18.2 Å². The van der Waals surface area contributed by atoms with Gasteiger partial charge in [0.1, 0.15) is 0 Å². The van der Waals surface area contributed by atoms with Crippen molar-refractivity contribution in [3.05, 3.63) is 59.2 Å². The van der Waals surface area contributed by atoms with E-state index in [1.165, 1.54) is 11.8 Å². The lowest BCUT2D eigenvalue weighted by atomic mass is 9.92. The summed E-state index contributed by atoms with van der Waals surface area (Å²) >= 11 is 7.17. The number of aliphatic carboxylic acids is 1. The Morgan fingerprint density at radius 1 is 1.33 bits per heavy atom. The van der Waals surface area contributed by atoms with Crippen LogP contribution in [0.2, 0.25) is 5.02 Å². The predicted octanol–water partition coefficient (Wildman–Crippen LogP) is 3.03. The van der Waals surface area contributed by atoms with Gasteiger partial charge in [0.15, 0.2) is 5.54 Å². The number of thioether (sulfide) groups is 1. The van der Waals surface area contributed by atoms with Crippen molar-refractivity contribution in [2.45, 2.75) is 10.6 Å². The van der Waals surface area contributed by atoms with E-state index in [4.69, 9.17) is 11.6 Å². The van der Waals surface area contributed by atoms with Gasteiger partial charge in [-0.05, 0) is 24.7 Å².